The third-order valence-electron chi connectivity index (χ3n) is 8.01. The van der Waals surface area contributed by atoms with Crippen LogP contribution >= 0.6 is 11.6 Å². The first-order valence-electron chi connectivity index (χ1n) is 13.6. The molecule has 10 nitrogen and oxygen atoms in total. The van der Waals surface area contributed by atoms with Gasteiger partial charge in [-0.3, -0.25) is 19.6 Å². The first kappa shape index (κ1) is 31.5. The van der Waals surface area contributed by atoms with Crippen molar-refractivity contribution in [3.63, 3.8) is 0 Å². The Hall–Kier alpha value is -3.48. The summed E-state index contributed by atoms with van der Waals surface area (Å²) >= 11 is 6.28. The van der Waals surface area contributed by atoms with Gasteiger partial charge in [-0.15, -0.1) is 0 Å². The standard InChI is InChI=1S/C29H38ClFN6O4Si/c1-28(2,3)42(7,8)41-15-14-36-23(38)17-29(4,34-25(36)33-27(39)40)19-10-9-11-21(24(19)31)37-22-16-18(30)12-13-20(22)32-26(37)35(5)6/h9-13,16H,14-15,17H2,1-8H3,(H,33,34)(H,39,40)/t29-/m0/s1. The predicted octanol–water partition coefficient (Wildman–Crippen LogP) is 5.98. The average Bonchev–Trinajstić information content (AvgIpc) is 3.23. The third-order valence-corrected chi connectivity index (χ3v) is 12.8. The number of fused-ring (bicyclic) bond motifs is 1. The van der Waals surface area contributed by atoms with E-state index >= 15 is 4.39 Å². The zero-order valence-electron chi connectivity index (χ0n) is 25.2. The van der Waals surface area contributed by atoms with Crippen LogP contribution < -0.4 is 10.2 Å². The highest BCUT2D eigenvalue weighted by atomic mass is 35.5. The number of nitrogens with zero attached hydrogens (tertiary/aromatic N) is 5. The zero-order chi connectivity index (χ0) is 31.2. The molecule has 1 aromatic heterocycles. The third kappa shape index (κ3) is 6.01. The average molecular weight is 617 g/mol. The van der Waals surface area contributed by atoms with Gasteiger partial charge in [0, 0.05) is 24.7 Å². The summed E-state index contributed by atoms with van der Waals surface area (Å²) in [5.74, 6) is -0.686. The van der Waals surface area contributed by atoms with Crippen LogP contribution in [0.3, 0.4) is 0 Å². The molecule has 1 atom stereocenters. The molecule has 0 aliphatic carbocycles. The van der Waals surface area contributed by atoms with Gasteiger partial charge in [0.15, 0.2) is 14.1 Å². The van der Waals surface area contributed by atoms with Crippen molar-refractivity contribution in [3.05, 3.63) is 52.8 Å². The molecule has 2 aromatic carbocycles. The molecule has 3 aromatic rings. The number of halogens is 2. The highest BCUT2D eigenvalue weighted by Gasteiger charge is 2.42. The molecule has 0 radical (unpaired) electrons. The number of carboxylic acid groups (broad SMARTS) is 1. The van der Waals surface area contributed by atoms with Gasteiger partial charge in [-0.1, -0.05) is 44.5 Å². The molecule has 1 aliphatic rings. The minimum atomic E-state index is -2.11. The molecular weight excluding hydrogens is 579 g/mol. The summed E-state index contributed by atoms with van der Waals surface area (Å²) in [6.45, 7) is 12.5. The molecule has 0 saturated carbocycles. The number of rotatable bonds is 7. The molecule has 2 N–H and O–H groups in total. The molecule has 0 saturated heterocycles. The molecule has 42 heavy (non-hydrogen) atoms. The molecule has 0 spiro atoms. The lowest BCUT2D eigenvalue weighted by Crippen LogP contribution is -2.54. The Kier molecular flexibility index (Phi) is 8.47. The Balaban J connectivity index is 1.77. The summed E-state index contributed by atoms with van der Waals surface area (Å²) in [6, 6.07) is 10.1. The molecule has 4 rings (SSSR count). The fraction of sp³-hybridized carbons (Fsp3) is 0.448. The van der Waals surface area contributed by atoms with Crippen molar-refractivity contribution < 1.29 is 23.5 Å². The van der Waals surface area contributed by atoms with Crippen LogP contribution in [0.1, 0.15) is 39.7 Å². The summed E-state index contributed by atoms with van der Waals surface area (Å²) in [7, 11) is 1.50. The van der Waals surface area contributed by atoms with Crippen LogP contribution in [0.4, 0.5) is 15.1 Å². The van der Waals surface area contributed by atoms with Crippen molar-refractivity contribution >= 4 is 54.9 Å². The van der Waals surface area contributed by atoms with Gasteiger partial charge in [0.05, 0.1) is 41.8 Å². The van der Waals surface area contributed by atoms with E-state index in [1.807, 2.05) is 0 Å². The van der Waals surface area contributed by atoms with Crippen LogP contribution in [0.25, 0.3) is 16.7 Å². The van der Waals surface area contributed by atoms with Gasteiger partial charge < -0.3 is 14.4 Å². The van der Waals surface area contributed by atoms with Crippen molar-refractivity contribution in [2.24, 2.45) is 4.99 Å². The largest absolute Gasteiger partial charge is 0.465 e. The number of aliphatic imine (C=N–C) groups is 1. The number of benzene rings is 2. The van der Waals surface area contributed by atoms with E-state index in [1.165, 1.54) is 4.90 Å². The van der Waals surface area contributed by atoms with E-state index in [2.05, 4.69) is 49.2 Å². The van der Waals surface area contributed by atoms with Crippen molar-refractivity contribution in [2.75, 3.05) is 32.1 Å². The monoisotopic (exact) mass is 616 g/mol. The Morgan fingerprint density at radius 1 is 1.26 bits per heavy atom. The SMILES string of the molecule is CN(C)c1nc2ccc(Cl)cc2n1-c1cccc([C@]2(C)CC(=O)N(CCO[Si](C)(C)C(C)(C)C)C(NC(=O)O)=N2)c1F. The molecule has 1 aliphatic heterocycles. The van der Waals surface area contributed by atoms with Crippen molar-refractivity contribution in [1.82, 2.24) is 19.8 Å². The normalized spacial score (nSPS) is 17.9. The quantitative estimate of drug-likeness (QED) is 0.316. The minimum absolute atomic E-state index is 0.0331. The lowest BCUT2D eigenvalue weighted by atomic mass is 9.86. The lowest BCUT2D eigenvalue weighted by molar-refractivity contribution is -0.130. The van der Waals surface area contributed by atoms with E-state index in [0.29, 0.717) is 22.0 Å². The Morgan fingerprint density at radius 2 is 1.95 bits per heavy atom. The van der Waals surface area contributed by atoms with Gasteiger partial charge >= 0.3 is 6.09 Å². The maximum Gasteiger partial charge on any atom is 0.411 e. The number of carbonyl (C=O) groups excluding carboxylic acids is 1. The first-order valence-corrected chi connectivity index (χ1v) is 16.9. The van der Waals surface area contributed by atoms with Crippen molar-refractivity contribution in [1.29, 1.82) is 0 Å². The second-order valence-corrected chi connectivity index (χ2v) is 17.6. The Labute approximate surface area is 251 Å². The van der Waals surface area contributed by atoms with Gasteiger partial charge in [0.2, 0.25) is 17.8 Å². The van der Waals surface area contributed by atoms with Gasteiger partial charge in [-0.2, -0.15) is 0 Å². The fourth-order valence-electron chi connectivity index (χ4n) is 4.71. The topological polar surface area (TPSA) is 112 Å². The number of hydrogen-bond acceptors (Lipinski definition) is 6. The van der Waals surface area contributed by atoms with Crippen LogP contribution in [0, 0.1) is 5.82 Å². The number of guanidine groups is 1. The van der Waals surface area contributed by atoms with E-state index in [-0.39, 0.29) is 41.8 Å². The maximum absolute atomic E-state index is 16.6. The second kappa shape index (κ2) is 11.3. The lowest BCUT2D eigenvalue weighted by Gasteiger charge is -2.39. The van der Waals surface area contributed by atoms with E-state index in [9.17, 15) is 14.7 Å². The van der Waals surface area contributed by atoms with Crippen LogP contribution in [-0.4, -0.2) is 73.1 Å². The van der Waals surface area contributed by atoms with Crippen LogP contribution in [0.15, 0.2) is 41.4 Å². The number of carbonyl (C=O) groups is 2. The first-order chi connectivity index (χ1) is 19.4. The number of hydrogen-bond donors (Lipinski definition) is 2. The van der Waals surface area contributed by atoms with E-state index in [0.717, 1.165) is 0 Å². The van der Waals surface area contributed by atoms with Gasteiger partial charge in [0.1, 0.15) is 0 Å². The number of imidazole rings is 1. The Morgan fingerprint density at radius 3 is 2.57 bits per heavy atom. The molecule has 0 unspecified atom stereocenters. The molecule has 13 heteroatoms. The summed E-state index contributed by atoms with van der Waals surface area (Å²) in [5.41, 5.74) is 0.190. The zero-order valence-corrected chi connectivity index (χ0v) is 27.0. The van der Waals surface area contributed by atoms with Gasteiger partial charge in [0.25, 0.3) is 0 Å². The van der Waals surface area contributed by atoms with Crippen molar-refractivity contribution in [2.45, 2.75) is 57.8 Å². The van der Waals surface area contributed by atoms with Crippen LogP contribution in [0.2, 0.25) is 23.2 Å². The number of nitrogens with one attached hydrogen (secondary N) is 1. The number of aromatic nitrogens is 2. The molecule has 2 heterocycles. The Bertz CT molecular complexity index is 1570. The number of amides is 2. The highest BCUT2D eigenvalue weighted by Crippen LogP contribution is 2.39. The van der Waals surface area contributed by atoms with E-state index in [4.69, 9.17) is 16.0 Å². The summed E-state index contributed by atoms with van der Waals surface area (Å²) in [5, 5.41) is 12.2. The van der Waals surface area contributed by atoms with Crippen LogP contribution in [0.5, 0.6) is 0 Å². The van der Waals surface area contributed by atoms with E-state index < -0.39 is 31.7 Å². The molecule has 0 fully saturated rings. The summed E-state index contributed by atoms with van der Waals surface area (Å²) in [6.07, 6.45) is -1.55. The second-order valence-electron chi connectivity index (χ2n) is 12.4. The molecule has 226 valence electrons. The van der Waals surface area contributed by atoms with Crippen molar-refractivity contribution in [3.8, 4) is 5.69 Å². The fourth-order valence-corrected chi connectivity index (χ4v) is 5.91. The maximum atomic E-state index is 16.6. The van der Waals surface area contributed by atoms with E-state index in [1.54, 1.807) is 66.9 Å². The minimum Gasteiger partial charge on any atom is -0.465 e. The molecule has 2 amide bonds. The number of anilines is 1. The van der Waals surface area contributed by atoms with Gasteiger partial charge in [-0.05, 0) is 49.3 Å². The molecular formula is C29H38ClFN6O4Si. The predicted molar refractivity (Wildman–Crippen MR) is 166 cm³/mol. The molecule has 0 bridgehead atoms. The summed E-state index contributed by atoms with van der Waals surface area (Å²) < 4.78 is 24.4. The highest BCUT2D eigenvalue weighted by molar-refractivity contribution is 6.74. The smallest absolute Gasteiger partial charge is 0.411 e. The van der Waals surface area contributed by atoms with Crippen LogP contribution in [-0.2, 0) is 14.8 Å². The summed E-state index contributed by atoms with van der Waals surface area (Å²) in [4.78, 5) is 37.5. The van der Waals surface area contributed by atoms with Gasteiger partial charge in [-0.25, -0.2) is 19.2 Å².